The van der Waals surface area contributed by atoms with Crippen LogP contribution in [-0.2, 0) is 11.2 Å². The second-order valence-electron chi connectivity index (χ2n) is 5.95. The van der Waals surface area contributed by atoms with Crippen LogP contribution in [0.25, 0.3) is 22.8 Å². The minimum atomic E-state index is 0.139. The van der Waals surface area contributed by atoms with Gasteiger partial charge in [0.1, 0.15) is 5.75 Å². The lowest BCUT2D eigenvalue weighted by Crippen LogP contribution is -2.30. The molecular weight excluding hydrogens is 318 g/mol. The number of ether oxygens (including phenoxy) is 1. The maximum absolute atomic E-state index is 11.8. The number of rotatable bonds is 3. The number of nitrogens with zero attached hydrogens (tertiary/aromatic N) is 3. The van der Waals surface area contributed by atoms with E-state index in [-0.39, 0.29) is 5.91 Å². The molecule has 0 N–H and O–H groups in total. The first kappa shape index (κ1) is 15.4. The van der Waals surface area contributed by atoms with Gasteiger partial charge in [-0.1, -0.05) is 5.16 Å². The maximum Gasteiger partial charge on any atom is 0.258 e. The van der Waals surface area contributed by atoms with Crippen LogP contribution in [0.15, 0.2) is 47.0 Å². The molecule has 25 heavy (non-hydrogen) atoms. The summed E-state index contributed by atoms with van der Waals surface area (Å²) in [6.45, 7) is 0. The highest BCUT2D eigenvalue weighted by atomic mass is 16.5. The van der Waals surface area contributed by atoms with Gasteiger partial charge >= 0.3 is 0 Å². The standard InChI is InChI=1S/C19H17N3O3/c1-22-16-9-5-14(11-13(16)6-10-17(22)23)19-20-18(21-25-19)12-3-7-15(24-2)8-4-12/h3-5,7-9,11H,6,10H2,1-2H3. The number of carbonyl (C=O) groups is 1. The number of aromatic nitrogens is 2. The number of fused-ring (bicyclic) bond motifs is 1. The van der Waals surface area contributed by atoms with E-state index in [9.17, 15) is 4.79 Å². The Kier molecular flexibility index (Phi) is 3.72. The average Bonchev–Trinajstić information content (AvgIpc) is 3.15. The van der Waals surface area contributed by atoms with Crippen molar-refractivity contribution in [2.45, 2.75) is 12.8 Å². The van der Waals surface area contributed by atoms with Gasteiger partial charge in [0.05, 0.1) is 7.11 Å². The highest BCUT2D eigenvalue weighted by molar-refractivity contribution is 5.96. The van der Waals surface area contributed by atoms with Crippen LogP contribution < -0.4 is 9.64 Å². The molecule has 6 nitrogen and oxygen atoms in total. The lowest BCUT2D eigenvalue weighted by Gasteiger charge is -2.25. The van der Waals surface area contributed by atoms with Gasteiger partial charge in [-0.2, -0.15) is 4.98 Å². The van der Waals surface area contributed by atoms with Crippen molar-refractivity contribution in [1.82, 2.24) is 10.1 Å². The highest BCUT2D eigenvalue weighted by Gasteiger charge is 2.22. The van der Waals surface area contributed by atoms with E-state index < -0.39 is 0 Å². The molecule has 6 heteroatoms. The summed E-state index contributed by atoms with van der Waals surface area (Å²) < 4.78 is 10.6. The van der Waals surface area contributed by atoms with Crippen molar-refractivity contribution in [3.63, 3.8) is 0 Å². The highest BCUT2D eigenvalue weighted by Crippen LogP contribution is 2.31. The number of methoxy groups -OCH3 is 1. The largest absolute Gasteiger partial charge is 0.497 e. The molecule has 0 bridgehead atoms. The van der Waals surface area contributed by atoms with Crippen LogP contribution in [0.3, 0.4) is 0 Å². The molecule has 126 valence electrons. The quantitative estimate of drug-likeness (QED) is 0.734. The molecule has 0 spiro atoms. The maximum atomic E-state index is 11.8. The molecule has 0 unspecified atom stereocenters. The smallest absolute Gasteiger partial charge is 0.258 e. The molecule has 2 aromatic carbocycles. The van der Waals surface area contributed by atoms with E-state index >= 15 is 0 Å². The summed E-state index contributed by atoms with van der Waals surface area (Å²) in [4.78, 5) is 18.0. The molecule has 3 aromatic rings. The van der Waals surface area contributed by atoms with E-state index in [2.05, 4.69) is 10.1 Å². The Bertz CT molecular complexity index is 931. The molecule has 0 atom stereocenters. The molecule has 2 heterocycles. The van der Waals surface area contributed by atoms with E-state index in [1.165, 1.54) is 0 Å². The van der Waals surface area contributed by atoms with Crippen molar-refractivity contribution in [2.24, 2.45) is 0 Å². The summed E-state index contributed by atoms with van der Waals surface area (Å²) >= 11 is 0. The van der Waals surface area contributed by atoms with Gasteiger partial charge in [-0.3, -0.25) is 4.79 Å². The van der Waals surface area contributed by atoms with Crippen molar-refractivity contribution in [1.29, 1.82) is 0 Å². The molecule has 4 rings (SSSR count). The summed E-state index contributed by atoms with van der Waals surface area (Å²) in [5, 5.41) is 4.07. The Labute approximate surface area is 145 Å². The van der Waals surface area contributed by atoms with E-state index in [1.807, 2.05) is 42.5 Å². The van der Waals surface area contributed by atoms with Crippen LogP contribution in [0.4, 0.5) is 5.69 Å². The second-order valence-corrected chi connectivity index (χ2v) is 5.95. The Morgan fingerprint density at radius 1 is 1.08 bits per heavy atom. The topological polar surface area (TPSA) is 68.5 Å². The van der Waals surface area contributed by atoms with Crippen LogP contribution >= 0.6 is 0 Å². The molecule has 0 fully saturated rings. The van der Waals surface area contributed by atoms with Gasteiger partial charge in [-0.15, -0.1) is 0 Å². The Balaban J connectivity index is 1.65. The van der Waals surface area contributed by atoms with Gasteiger partial charge in [-0.25, -0.2) is 0 Å². The van der Waals surface area contributed by atoms with E-state index in [0.717, 1.165) is 34.5 Å². The molecule has 1 amide bonds. The van der Waals surface area contributed by atoms with Crippen molar-refractivity contribution in [2.75, 3.05) is 19.1 Å². The fourth-order valence-corrected chi connectivity index (χ4v) is 2.99. The summed E-state index contributed by atoms with van der Waals surface area (Å²) in [7, 11) is 3.43. The summed E-state index contributed by atoms with van der Waals surface area (Å²) in [6.07, 6.45) is 1.25. The van der Waals surface area contributed by atoms with Crippen molar-refractivity contribution < 1.29 is 14.1 Å². The van der Waals surface area contributed by atoms with E-state index in [0.29, 0.717) is 18.1 Å². The zero-order valence-corrected chi connectivity index (χ0v) is 14.0. The Morgan fingerprint density at radius 3 is 2.60 bits per heavy atom. The minimum Gasteiger partial charge on any atom is -0.497 e. The molecule has 1 aliphatic rings. The zero-order chi connectivity index (χ0) is 17.4. The SMILES string of the molecule is COc1ccc(-c2noc(-c3ccc4c(c3)CCC(=O)N4C)n2)cc1. The van der Waals surface area contributed by atoms with Gasteiger partial charge in [0, 0.05) is 30.3 Å². The van der Waals surface area contributed by atoms with Crippen LogP contribution in [0.1, 0.15) is 12.0 Å². The summed E-state index contributed by atoms with van der Waals surface area (Å²) in [6, 6.07) is 13.3. The van der Waals surface area contributed by atoms with Crippen molar-refractivity contribution in [3.8, 4) is 28.6 Å². The Morgan fingerprint density at radius 2 is 1.84 bits per heavy atom. The number of anilines is 1. The fraction of sp³-hybridized carbons (Fsp3) is 0.211. The third-order valence-electron chi connectivity index (χ3n) is 4.44. The number of aryl methyl sites for hydroxylation is 1. The summed E-state index contributed by atoms with van der Waals surface area (Å²) in [5.74, 6) is 1.91. The van der Waals surface area contributed by atoms with E-state index in [1.54, 1.807) is 19.1 Å². The molecular formula is C19H17N3O3. The average molecular weight is 335 g/mol. The van der Waals surface area contributed by atoms with Crippen molar-refractivity contribution in [3.05, 3.63) is 48.0 Å². The monoisotopic (exact) mass is 335 g/mol. The first-order valence-corrected chi connectivity index (χ1v) is 8.03. The number of benzene rings is 2. The molecule has 1 aliphatic heterocycles. The molecule has 0 saturated carbocycles. The molecule has 0 radical (unpaired) electrons. The lowest BCUT2D eigenvalue weighted by molar-refractivity contribution is -0.118. The van der Waals surface area contributed by atoms with E-state index in [4.69, 9.17) is 9.26 Å². The van der Waals surface area contributed by atoms with Crippen LogP contribution in [0.2, 0.25) is 0 Å². The first-order valence-electron chi connectivity index (χ1n) is 8.03. The van der Waals surface area contributed by atoms with Crippen LogP contribution in [0, 0.1) is 0 Å². The minimum absolute atomic E-state index is 0.139. The number of amides is 1. The predicted molar refractivity (Wildman–Crippen MR) is 93.5 cm³/mol. The van der Waals surface area contributed by atoms with Gasteiger partial charge < -0.3 is 14.2 Å². The Hall–Kier alpha value is -3.15. The normalized spacial score (nSPS) is 13.7. The van der Waals surface area contributed by atoms with Gasteiger partial charge in [0.15, 0.2) is 0 Å². The number of carbonyl (C=O) groups excluding carboxylic acids is 1. The summed E-state index contributed by atoms with van der Waals surface area (Å²) in [5.41, 5.74) is 3.77. The van der Waals surface area contributed by atoms with Crippen LogP contribution in [-0.4, -0.2) is 30.2 Å². The second kappa shape index (κ2) is 6.05. The number of hydrogen-bond acceptors (Lipinski definition) is 5. The molecule has 1 aromatic heterocycles. The first-order chi connectivity index (χ1) is 12.2. The zero-order valence-electron chi connectivity index (χ0n) is 14.0. The third-order valence-corrected chi connectivity index (χ3v) is 4.44. The van der Waals surface area contributed by atoms with Gasteiger partial charge in [0.2, 0.25) is 11.7 Å². The third kappa shape index (κ3) is 2.76. The predicted octanol–water partition coefficient (Wildman–Crippen LogP) is 3.32. The molecule has 0 aliphatic carbocycles. The van der Waals surface area contributed by atoms with Gasteiger partial charge in [-0.05, 0) is 54.4 Å². The fourth-order valence-electron chi connectivity index (χ4n) is 2.99. The van der Waals surface area contributed by atoms with Crippen molar-refractivity contribution >= 4 is 11.6 Å². The lowest BCUT2D eigenvalue weighted by atomic mass is 9.99. The number of hydrogen-bond donors (Lipinski definition) is 0. The van der Waals surface area contributed by atoms with Crippen LogP contribution in [0.5, 0.6) is 5.75 Å². The molecule has 0 saturated heterocycles. The van der Waals surface area contributed by atoms with Gasteiger partial charge in [0.25, 0.3) is 5.89 Å².